The summed E-state index contributed by atoms with van der Waals surface area (Å²) in [4.78, 5) is 20.9. The monoisotopic (exact) mass is 394 g/mol. The Bertz CT molecular complexity index is 1000. The van der Waals surface area contributed by atoms with E-state index in [0.29, 0.717) is 43.1 Å². The number of nitrogens with zero attached hydrogens (tertiary/aromatic N) is 3. The summed E-state index contributed by atoms with van der Waals surface area (Å²) in [5, 5.41) is 3.06. The number of nitrogens with one attached hydrogen (secondary N) is 1. The van der Waals surface area contributed by atoms with Crippen LogP contribution in [0.1, 0.15) is 10.4 Å². The lowest BCUT2D eigenvalue weighted by atomic mass is 10.2. The van der Waals surface area contributed by atoms with Gasteiger partial charge in [-0.15, -0.1) is 0 Å². The average molecular weight is 394 g/mol. The molecule has 0 aliphatic carbocycles. The van der Waals surface area contributed by atoms with Crippen molar-refractivity contribution in [1.29, 1.82) is 0 Å². The fourth-order valence-electron chi connectivity index (χ4n) is 3.36. The number of amides is 1. The van der Waals surface area contributed by atoms with Crippen molar-refractivity contribution in [3.63, 3.8) is 0 Å². The van der Waals surface area contributed by atoms with Crippen molar-refractivity contribution in [1.82, 2.24) is 9.88 Å². The van der Waals surface area contributed by atoms with Gasteiger partial charge in [0.1, 0.15) is 11.6 Å². The normalized spacial score (nSPS) is 14.0. The Morgan fingerprint density at radius 3 is 2.34 bits per heavy atom. The van der Waals surface area contributed by atoms with Crippen LogP contribution in [-0.2, 0) is 0 Å². The Kier molecular flexibility index (Phi) is 5.37. The number of pyridine rings is 1. The number of hydrogen-bond donors (Lipinski definition) is 1. The van der Waals surface area contributed by atoms with E-state index < -0.39 is 0 Å². The zero-order valence-electron chi connectivity index (χ0n) is 15.7. The predicted molar refractivity (Wildman–Crippen MR) is 108 cm³/mol. The number of rotatable bonds is 4. The molecule has 1 saturated heterocycles. The number of aromatic nitrogens is 1. The number of piperazine rings is 1. The van der Waals surface area contributed by atoms with E-state index in [1.807, 2.05) is 0 Å². The van der Waals surface area contributed by atoms with E-state index in [-0.39, 0.29) is 17.5 Å². The largest absolute Gasteiger partial charge is 0.368 e. The van der Waals surface area contributed by atoms with Gasteiger partial charge in [0, 0.05) is 43.8 Å². The van der Waals surface area contributed by atoms with Gasteiger partial charge in [0.2, 0.25) is 0 Å². The van der Waals surface area contributed by atoms with Crippen molar-refractivity contribution in [2.45, 2.75) is 0 Å². The highest BCUT2D eigenvalue weighted by Crippen LogP contribution is 2.20. The number of hydrogen-bond acceptors (Lipinski definition) is 4. The molecule has 1 N–H and O–H groups in total. The minimum absolute atomic E-state index is 0.0980. The van der Waals surface area contributed by atoms with Crippen LogP contribution in [0.5, 0.6) is 0 Å². The maximum absolute atomic E-state index is 13.4. The highest BCUT2D eigenvalue weighted by molar-refractivity contribution is 5.95. The number of carbonyl (C=O) groups excluding carboxylic acids is 1. The first-order chi connectivity index (χ1) is 14.1. The van der Waals surface area contributed by atoms with E-state index in [1.165, 1.54) is 30.5 Å². The second-order valence-corrected chi connectivity index (χ2v) is 6.85. The summed E-state index contributed by atoms with van der Waals surface area (Å²) in [5.41, 5.74) is 2.62. The van der Waals surface area contributed by atoms with E-state index in [1.54, 1.807) is 41.4 Å². The second kappa shape index (κ2) is 8.26. The van der Waals surface area contributed by atoms with E-state index in [9.17, 15) is 13.6 Å². The van der Waals surface area contributed by atoms with Crippen LogP contribution < -0.4 is 10.2 Å². The molecular formula is C22H20F2N4O. The molecule has 1 amide bonds. The van der Waals surface area contributed by atoms with Gasteiger partial charge in [-0.05, 0) is 48.5 Å². The Morgan fingerprint density at radius 1 is 0.862 bits per heavy atom. The molecule has 1 aliphatic heterocycles. The van der Waals surface area contributed by atoms with Crippen molar-refractivity contribution in [2.75, 3.05) is 36.4 Å². The van der Waals surface area contributed by atoms with Crippen LogP contribution in [0.4, 0.5) is 25.8 Å². The third-order valence-electron chi connectivity index (χ3n) is 4.86. The molecule has 2 heterocycles. The van der Waals surface area contributed by atoms with Crippen LogP contribution in [-0.4, -0.2) is 42.0 Å². The summed E-state index contributed by atoms with van der Waals surface area (Å²) in [6.45, 7) is 2.48. The number of benzene rings is 2. The Hall–Kier alpha value is -3.48. The van der Waals surface area contributed by atoms with Crippen molar-refractivity contribution in [3.05, 3.63) is 84.2 Å². The molecule has 2 aromatic carbocycles. The molecule has 1 aromatic heterocycles. The molecule has 0 radical (unpaired) electrons. The third-order valence-corrected chi connectivity index (χ3v) is 4.86. The lowest BCUT2D eigenvalue weighted by Crippen LogP contribution is -2.48. The van der Waals surface area contributed by atoms with Gasteiger partial charge < -0.3 is 15.1 Å². The predicted octanol–water partition coefficient (Wildman–Crippen LogP) is 4.07. The van der Waals surface area contributed by atoms with Crippen LogP contribution in [0.2, 0.25) is 0 Å². The Balaban J connectivity index is 1.40. The summed E-state index contributed by atoms with van der Waals surface area (Å²) in [5.74, 6) is -0.699. The van der Waals surface area contributed by atoms with Crippen LogP contribution in [0.25, 0.3) is 0 Å². The van der Waals surface area contributed by atoms with Gasteiger partial charge in [-0.1, -0.05) is 6.07 Å². The first-order valence-corrected chi connectivity index (χ1v) is 9.36. The van der Waals surface area contributed by atoms with Crippen molar-refractivity contribution in [2.24, 2.45) is 0 Å². The quantitative estimate of drug-likeness (QED) is 0.725. The van der Waals surface area contributed by atoms with Gasteiger partial charge >= 0.3 is 0 Å². The summed E-state index contributed by atoms with van der Waals surface area (Å²) < 4.78 is 26.5. The van der Waals surface area contributed by atoms with Crippen LogP contribution >= 0.6 is 0 Å². The molecule has 0 saturated carbocycles. The van der Waals surface area contributed by atoms with Crippen molar-refractivity contribution in [3.8, 4) is 0 Å². The molecule has 0 bridgehead atoms. The Labute approximate surface area is 167 Å². The van der Waals surface area contributed by atoms with Crippen LogP contribution in [0.3, 0.4) is 0 Å². The molecule has 1 fully saturated rings. The topological polar surface area (TPSA) is 48.5 Å². The van der Waals surface area contributed by atoms with E-state index in [0.717, 1.165) is 5.69 Å². The highest BCUT2D eigenvalue weighted by Gasteiger charge is 2.22. The van der Waals surface area contributed by atoms with Gasteiger partial charge in [0.25, 0.3) is 5.91 Å². The summed E-state index contributed by atoms with van der Waals surface area (Å²) >= 11 is 0. The maximum Gasteiger partial charge on any atom is 0.255 e. The minimum atomic E-state index is -0.339. The van der Waals surface area contributed by atoms with Gasteiger partial charge in [-0.3, -0.25) is 9.78 Å². The maximum atomic E-state index is 13.4. The van der Waals surface area contributed by atoms with E-state index >= 15 is 0 Å². The van der Waals surface area contributed by atoms with Crippen molar-refractivity contribution >= 4 is 23.0 Å². The van der Waals surface area contributed by atoms with Gasteiger partial charge in [-0.2, -0.15) is 0 Å². The molecule has 4 rings (SSSR count). The SMILES string of the molecule is O=C(c1cncc(Nc2cccc(F)c2)c1)N1CCN(c2ccc(F)cc2)CC1. The van der Waals surface area contributed by atoms with Crippen LogP contribution in [0.15, 0.2) is 67.0 Å². The number of halogens is 2. The number of anilines is 3. The lowest BCUT2D eigenvalue weighted by Gasteiger charge is -2.36. The molecular weight excluding hydrogens is 374 g/mol. The van der Waals surface area contributed by atoms with Crippen LogP contribution in [0, 0.1) is 11.6 Å². The third kappa shape index (κ3) is 4.51. The van der Waals surface area contributed by atoms with Crippen molar-refractivity contribution < 1.29 is 13.6 Å². The van der Waals surface area contributed by atoms with Gasteiger partial charge in [-0.25, -0.2) is 8.78 Å². The first kappa shape index (κ1) is 18.9. The zero-order valence-corrected chi connectivity index (χ0v) is 15.7. The average Bonchev–Trinajstić information content (AvgIpc) is 2.74. The van der Waals surface area contributed by atoms with E-state index in [4.69, 9.17) is 0 Å². The second-order valence-electron chi connectivity index (χ2n) is 6.85. The zero-order chi connectivity index (χ0) is 20.2. The molecule has 7 heteroatoms. The molecule has 29 heavy (non-hydrogen) atoms. The summed E-state index contributed by atoms with van der Waals surface area (Å²) in [6.07, 6.45) is 3.12. The summed E-state index contributed by atoms with van der Waals surface area (Å²) in [6, 6.07) is 14.2. The van der Waals surface area contributed by atoms with Gasteiger partial charge in [0.05, 0.1) is 17.4 Å². The first-order valence-electron chi connectivity index (χ1n) is 9.36. The summed E-state index contributed by atoms with van der Waals surface area (Å²) in [7, 11) is 0. The Morgan fingerprint density at radius 2 is 1.62 bits per heavy atom. The molecule has 0 atom stereocenters. The fourth-order valence-corrected chi connectivity index (χ4v) is 3.36. The molecule has 1 aliphatic rings. The minimum Gasteiger partial charge on any atom is -0.368 e. The molecule has 5 nitrogen and oxygen atoms in total. The molecule has 0 unspecified atom stereocenters. The van der Waals surface area contributed by atoms with E-state index in [2.05, 4.69) is 15.2 Å². The number of carbonyl (C=O) groups is 1. The molecule has 3 aromatic rings. The smallest absolute Gasteiger partial charge is 0.255 e. The molecule has 0 spiro atoms. The lowest BCUT2D eigenvalue weighted by molar-refractivity contribution is 0.0746. The highest BCUT2D eigenvalue weighted by atomic mass is 19.1. The fraction of sp³-hybridized carbons (Fsp3) is 0.182. The molecule has 148 valence electrons. The van der Waals surface area contributed by atoms with Gasteiger partial charge in [0.15, 0.2) is 0 Å². The standard InChI is InChI=1S/C22H20F2N4O/c23-17-4-6-21(7-5-17)27-8-10-28(11-9-27)22(29)16-12-20(15-25-14-16)26-19-3-1-2-18(24)13-19/h1-7,12-15,26H,8-11H2.